The van der Waals surface area contributed by atoms with Crippen LogP contribution in [0.15, 0.2) is 54.7 Å². The number of hydrogen-bond acceptors (Lipinski definition) is 1. The third kappa shape index (κ3) is 2.95. The molecule has 1 heterocycles. The van der Waals surface area contributed by atoms with Gasteiger partial charge >= 0.3 is 0 Å². The van der Waals surface area contributed by atoms with Crippen molar-refractivity contribution in [1.82, 2.24) is 10.2 Å². The highest BCUT2D eigenvalue weighted by Gasteiger charge is 1.83. The van der Waals surface area contributed by atoms with Gasteiger partial charge in [-0.1, -0.05) is 48.6 Å². The van der Waals surface area contributed by atoms with E-state index < -0.39 is 0 Å². The van der Waals surface area contributed by atoms with Gasteiger partial charge in [0.25, 0.3) is 0 Å². The standard InChI is InChI=1S/C13H12N2/c1-2-6-12(7-3-1)8-4-5-9-13-10-11-14-15-13/h1-11H,(H,14,15)/b8-4?,9-5+. The summed E-state index contributed by atoms with van der Waals surface area (Å²) in [5.74, 6) is 0. The Hall–Kier alpha value is -2.09. The van der Waals surface area contributed by atoms with Crippen LogP contribution in [0.25, 0.3) is 12.2 Å². The van der Waals surface area contributed by atoms with E-state index in [4.69, 9.17) is 0 Å². The largest absolute Gasteiger partial charge is 0.278 e. The molecule has 1 N–H and O–H groups in total. The molecule has 0 aliphatic carbocycles. The number of H-pyrrole nitrogens is 1. The number of nitrogens with zero attached hydrogens (tertiary/aromatic N) is 1. The monoisotopic (exact) mass is 196 g/mol. The van der Waals surface area contributed by atoms with E-state index in [0.29, 0.717) is 0 Å². The molecule has 0 aliphatic rings. The molecule has 0 aliphatic heterocycles. The summed E-state index contributed by atoms with van der Waals surface area (Å²) in [5.41, 5.74) is 2.21. The Kier molecular flexibility index (Phi) is 3.13. The summed E-state index contributed by atoms with van der Waals surface area (Å²) in [6, 6.07) is 12.1. The maximum atomic E-state index is 3.86. The van der Waals surface area contributed by atoms with Crippen LogP contribution < -0.4 is 0 Å². The molecule has 2 heteroatoms. The van der Waals surface area contributed by atoms with Gasteiger partial charge < -0.3 is 0 Å². The van der Waals surface area contributed by atoms with Crippen molar-refractivity contribution in [3.05, 3.63) is 66.0 Å². The van der Waals surface area contributed by atoms with Crippen molar-refractivity contribution in [2.45, 2.75) is 0 Å². The minimum absolute atomic E-state index is 1.01. The normalized spacial score (nSPS) is 11.5. The number of allylic oxidation sites excluding steroid dienone is 2. The summed E-state index contributed by atoms with van der Waals surface area (Å²) < 4.78 is 0. The minimum Gasteiger partial charge on any atom is -0.278 e. The lowest BCUT2D eigenvalue weighted by Gasteiger charge is -1.88. The molecule has 74 valence electrons. The van der Waals surface area contributed by atoms with E-state index >= 15 is 0 Å². The number of aromatic amines is 1. The third-order valence-corrected chi connectivity index (χ3v) is 2.00. The van der Waals surface area contributed by atoms with Crippen molar-refractivity contribution in [2.75, 3.05) is 0 Å². The Morgan fingerprint density at radius 1 is 0.933 bits per heavy atom. The molecule has 2 rings (SSSR count). The Balaban J connectivity index is 1.96. The maximum absolute atomic E-state index is 3.86. The Morgan fingerprint density at radius 3 is 2.47 bits per heavy atom. The summed E-state index contributed by atoms with van der Waals surface area (Å²) in [7, 11) is 0. The molecule has 0 radical (unpaired) electrons. The van der Waals surface area contributed by atoms with E-state index in [0.717, 1.165) is 5.69 Å². The first-order valence-electron chi connectivity index (χ1n) is 4.84. The van der Waals surface area contributed by atoms with Crippen LogP contribution in [0.5, 0.6) is 0 Å². The Labute approximate surface area is 89.0 Å². The zero-order valence-electron chi connectivity index (χ0n) is 8.30. The van der Waals surface area contributed by atoms with Gasteiger partial charge in [0.1, 0.15) is 0 Å². The van der Waals surface area contributed by atoms with Gasteiger partial charge in [0, 0.05) is 6.20 Å². The van der Waals surface area contributed by atoms with Gasteiger partial charge in [-0.2, -0.15) is 5.10 Å². The molecular formula is C13H12N2. The van der Waals surface area contributed by atoms with E-state index in [9.17, 15) is 0 Å². The van der Waals surface area contributed by atoms with Gasteiger partial charge in [0.2, 0.25) is 0 Å². The van der Waals surface area contributed by atoms with E-state index in [1.807, 2.05) is 42.5 Å². The fourth-order valence-corrected chi connectivity index (χ4v) is 1.25. The van der Waals surface area contributed by atoms with Gasteiger partial charge in [-0.05, 0) is 17.7 Å². The summed E-state index contributed by atoms with van der Waals surface area (Å²) >= 11 is 0. The SMILES string of the molecule is C(=Cc1ccccc1)/C=C/c1ccn[nH]1. The fraction of sp³-hybridized carbons (Fsp3) is 0. The average Bonchev–Trinajstić information content (AvgIpc) is 2.79. The second-order valence-corrected chi connectivity index (χ2v) is 3.14. The van der Waals surface area contributed by atoms with Gasteiger partial charge in [-0.25, -0.2) is 0 Å². The first kappa shape index (κ1) is 9.46. The maximum Gasteiger partial charge on any atom is 0.0577 e. The van der Waals surface area contributed by atoms with Crippen LogP contribution in [0.2, 0.25) is 0 Å². The molecule has 0 saturated heterocycles. The van der Waals surface area contributed by atoms with Crippen molar-refractivity contribution in [3.8, 4) is 0 Å². The van der Waals surface area contributed by atoms with Gasteiger partial charge in [0.05, 0.1) is 5.69 Å². The summed E-state index contributed by atoms with van der Waals surface area (Å²) in [6.07, 6.45) is 9.77. The molecule has 0 spiro atoms. The zero-order chi connectivity index (χ0) is 10.3. The average molecular weight is 196 g/mol. The molecule has 1 aromatic carbocycles. The van der Waals surface area contributed by atoms with Crippen molar-refractivity contribution < 1.29 is 0 Å². The van der Waals surface area contributed by atoms with Crippen molar-refractivity contribution in [2.24, 2.45) is 0 Å². The summed E-state index contributed by atoms with van der Waals surface area (Å²) in [4.78, 5) is 0. The van der Waals surface area contributed by atoms with E-state index in [2.05, 4.69) is 28.4 Å². The van der Waals surface area contributed by atoms with Crippen LogP contribution in [0, 0.1) is 0 Å². The highest BCUT2D eigenvalue weighted by atomic mass is 15.1. The molecule has 0 saturated carbocycles. The van der Waals surface area contributed by atoms with Crippen LogP contribution >= 0.6 is 0 Å². The Morgan fingerprint density at radius 2 is 1.73 bits per heavy atom. The lowest BCUT2D eigenvalue weighted by molar-refractivity contribution is 1.08. The zero-order valence-corrected chi connectivity index (χ0v) is 8.30. The molecular weight excluding hydrogens is 184 g/mol. The quantitative estimate of drug-likeness (QED) is 0.750. The molecule has 0 amide bonds. The number of aromatic nitrogens is 2. The first-order chi connectivity index (χ1) is 7.45. The number of nitrogens with one attached hydrogen (secondary N) is 1. The molecule has 0 atom stereocenters. The van der Waals surface area contributed by atoms with Crippen molar-refractivity contribution in [3.63, 3.8) is 0 Å². The minimum atomic E-state index is 1.01. The van der Waals surface area contributed by atoms with Crippen LogP contribution in [-0.2, 0) is 0 Å². The Bertz CT molecular complexity index is 439. The summed E-state index contributed by atoms with van der Waals surface area (Å²) in [5, 5.41) is 6.72. The molecule has 0 unspecified atom stereocenters. The predicted molar refractivity (Wildman–Crippen MR) is 63.1 cm³/mol. The topological polar surface area (TPSA) is 28.7 Å². The van der Waals surface area contributed by atoms with Gasteiger partial charge in [-0.3, -0.25) is 5.10 Å². The number of benzene rings is 1. The van der Waals surface area contributed by atoms with Crippen LogP contribution in [-0.4, -0.2) is 10.2 Å². The molecule has 2 aromatic rings. The highest BCUT2D eigenvalue weighted by molar-refractivity contribution is 5.55. The summed E-state index contributed by atoms with van der Waals surface area (Å²) in [6.45, 7) is 0. The second-order valence-electron chi connectivity index (χ2n) is 3.14. The smallest absolute Gasteiger partial charge is 0.0577 e. The van der Waals surface area contributed by atoms with Crippen LogP contribution in [0.3, 0.4) is 0 Å². The number of rotatable bonds is 3. The van der Waals surface area contributed by atoms with Gasteiger partial charge in [-0.15, -0.1) is 0 Å². The lowest BCUT2D eigenvalue weighted by Crippen LogP contribution is -1.69. The molecule has 15 heavy (non-hydrogen) atoms. The second kappa shape index (κ2) is 4.96. The van der Waals surface area contributed by atoms with E-state index in [1.54, 1.807) is 6.20 Å². The number of hydrogen-bond donors (Lipinski definition) is 1. The fourth-order valence-electron chi connectivity index (χ4n) is 1.25. The predicted octanol–water partition coefficient (Wildman–Crippen LogP) is 3.14. The van der Waals surface area contributed by atoms with Crippen molar-refractivity contribution >= 4 is 12.2 Å². The molecule has 0 bridgehead atoms. The molecule has 1 aromatic heterocycles. The van der Waals surface area contributed by atoms with Crippen LogP contribution in [0.4, 0.5) is 0 Å². The van der Waals surface area contributed by atoms with E-state index in [1.165, 1.54) is 5.56 Å². The van der Waals surface area contributed by atoms with E-state index in [-0.39, 0.29) is 0 Å². The van der Waals surface area contributed by atoms with Crippen molar-refractivity contribution in [1.29, 1.82) is 0 Å². The molecule has 2 nitrogen and oxygen atoms in total. The van der Waals surface area contributed by atoms with Gasteiger partial charge in [0.15, 0.2) is 0 Å². The molecule has 0 fully saturated rings. The highest BCUT2D eigenvalue weighted by Crippen LogP contribution is 2.02. The lowest BCUT2D eigenvalue weighted by atomic mass is 10.2. The van der Waals surface area contributed by atoms with Crippen LogP contribution in [0.1, 0.15) is 11.3 Å². The first-order valence-corrected chi connectivity index (χ1v) is 4.84. The third-order valence-electron chi connectivity index (χ3n) is 2.00.